The Labute approximate surface area is 114 Å². The number of nitrogens with one attached hydrogen (secondary N) is 2. The SMILES string of the molecule is CNCc1cnc(CSc2ccccc2Br)[nH]1. The van der Waals surface area contributed by atoms with Crippen molar-refractivity contribution >= 4 is 27.7 Å². The molecule has 3 nitrogen and oxygen atoms in total. The van der Waals surface area contributed by atoms with Gasteiger partial charge in [0, 0.05) is 27.8 Å². The summed E-state index contributed by atoms with van der Waals surface area (Å²) in [4.78, 5) is 8.88. The minimum absolute atomic E-state index is 0.826. The molecular formula is C12H14BrN3S. The van der Waals surface area contributed by atoms with E-state index in [1.165, 1.54) is 4.90 Å². The highest BCUT2D eigenvalue weighted by Gasteiger charge is 2.03. The quantitative estimate of drug-likeness (QED) is 0.833. The van der Waals surface area contributed by atoms with Crippen molar-refractivity contribution in [2.75, 3.05) is 7.05 Å². The largest absolute Gasteiger partial charge is 0.344 e. The number of aromatic nitrogens is 2. The molecule has 0 radical (unpaired) electrons. The first kappa shape index (κ1) is 12.7. The van der Waals surface area contributed by atoms with E-state index in [-0.39, 0.29) is 0 Å². The van der Waals surface area contributed by atoms with Gasteiger partial charge in [-0.25, -0.2) is 4.98 Å². The zero-order valence-corrected chi connectivity index (χ0v) is 11.9. The second-order valence-corrected chi connectivity index (χ2v) is 5.48. The zero-order valence-electron chi connectivity index (χ0n) is 9.53. The normalized spacial score (nSPS) is 10.7. The fourth-order valence-electron chi connectivity index (χ4n) is 1.47. The van der Waals surface area contributed by atoms with E-state index in [1.54, 1.807) is 11.8 Å². The molecule has 5 heteroatoms. The van der Waals surface area contributed by atoms with E-state index < -0.39 is 0 Å². The lowest BCUT2D eigenvalue weighted by Crippen LogP contribution is -2.05. The second kappa shape index (κ2) is 6.23. The Morgan fingerprint density at radius 1 is 1.41 bits per heavy atom. The number of aromatic amines is 1. The van der Waals surface area contributed by atoms with E-state index in [9.17, 15) is 0 Å². The van der Waals surface area contributed by atoms with Gasteiger partial charge in [-0.1, -0.05) is 12.1 Å². The minimum atomic E-state index is 0.826. The topological polar surface area (TPSA) is 40.7 Å². The molecule has 0 aliphatic carbocycles. The molecule has 0 saturated carbocycles. The fraction of sp³-hybridized carbons (Fsp3) is 0.250. The number of hydrogen-bond donors (Lipinski definition) is 2. The Morgan fingerprint density at radius 3 is 3.00 bits per heavy atom. The van der Waals surface area contributed by atoms with Crippen molar-refractivity contribution in [2.45, 2.75) is 17.2 Å². The summed E-state index contributed by atoms with van der Waals surface area (Å²) in [6.07, 6.45) is 1.88. The monoisotopic (exact) mass is 311 g/mol. The summed E-state index contributed by atoms with van der Waals surface area (Å²) in [5.41, 5.74) is 1.12. The second-order valence-electron chi connectivity index (χ2n) is 3.60. The van der Waals surface area contributed by atoms with Crippen LogP contribution in [0.1, 0.15) is 11.5 Å². The predicted molar refractivity (Wildman–Crippen MR) is 75.1 cm³/mol. The number of hydrogen-bond acceptors (Lipinski definition) is 3. The molecule has 2 rings (SSSR count). The third-order valence-electron chi connectivity index (χ3n) is 2.25. The standard InChI is InChI=1S/C12H14BrN3S/c1-14-6-9-7-15-12(16-9)8-17-11-5-3-2-4-10(11)13/h2-5,7,14H,6,8H2,1H3,(H,15,16). The molecule has 0 aliphatic rings. The summed E-state index contributed by atoms with van der Waals surface area (Å²) >= 11 is 5.31. The lowest BCUT2D eigenvalue weighted by molar-refractivity contribution is 0.794. The molecule has 0 unspecified atom stereocenters. The number of H-pyrrole nitrogens is 1. The molecule has 0 aliphatic heterocycles. The number of thioether (sulfide) groups is 1. The van der Waals surface area contributed by atoms with Crippen LogP contribution >= 0.6 is 27.7 Å². The van der Waals surface area contributed by atoms with Crippen LogP contribution in [0, 0.1) is 0 Å². The van der Waals surface area contributed by atoms with Gasteiger partial charge in [-0.15, -0.1) is 11.8 Å². The molecule has 1 aromatic carbocycles. The minimum Gasteiger partial charge on any atom is -0.344 e. The fourth-order valence-corrected chi connectivity index (χ4v) is 2.92. The molecule has 0 atom stereocenters. The highest BCUT2D eigenvalue weighted by atomic mass is 79.9. The van der Waals surface area contributed by atoms with E-state index in [1.807, 2.05) is 25.4 Å². The van der Waals surface area contributed by atoms with Crippen LogP contribution in [0.4, 0.5) is 0 Å². The van der Waals surface area contributed by atoms with Crippen LogP contribution < -0.4 is 5.32 Å². The number of rotatable bonds is 5. The van der Waals surface area contributed by atoms with Gasteiger partial charge < -0.3 is 10.3 Å². The first-order valence-electron chi connectivity index (χ1n) is 5.34. The molecule has 1 aromatic heterocycles. The molecule has 0 bridgehead atoms. The number of nitrogens with zero attached hydrogens (tertiary/aromatic N) is 1. The molecule has 0 fully saturated rings. The van der Waals surface area contributed by atoms with Gasteiger partial charge in [0.1, 0.15) is 5.82 Å². The average molecular weight is 312 g/mol. The van der Waals surface area contributed by atoms with E-state index >= 15 is 0 Å². The van der Waals surface area contributed by atoms with Crippen molar-refractivity contribution < 1.29 is 0 Å². The highest BCUT2D eigenvalue weighted by molar-refractivity contribution is 9.10. The van der Waals surface area contributed by atoms with Crippen LogP contribution in [-0.2, 0) is 12.3 Å². The Morgan fingerprint density at radius 2 is 2.24 bits per heavy atom. The van der Waals surface area contributed by atoms with Gasteiger partial charge in [0.05, 0.1) is 5.75 Å². The Bertz CT molecular complexity index is 484. The van der Waals surface area contributed by atoms with Gasteiger partial charge in [0.2, 0.25) is 0 Å². The van der Waals surface area contributed by atoms with E-state index in [4.69, 9.17) is 0 Å². The van der Waals surface area contributed by atoms with Crippen LogP contribution in [0.2, 0.25) is 0 Å². The maximum atomic E-state index is 4.35. The predicted octanol–water partition coefficient (Wildman–Crippen LogP) is 3.18. The summed E-state index contributed by atoms with van der Waals surface area (Å²) in [5.74, 6) is 1.86. The molecule has 17 heavy (non-hydrogen) atoms. The van der Waals surface area contributed by atoms with Gasteiger partial charge in [-0.05, 0) is 35.1 Å². The molecule has 0 amide bonds. The Kier molecular flexibility index (Phi) is 4.65. The van der Waals surface area contributed by atoms with Crippen molar-refractivity contribution in [3.05, 3.63) is 46.5 Å². The maximum absolute atomic E-state index is 4.35. The molecule has 2 N–H and O–H groups in total. The van der Waals surface area contributed by atoms with Gasteiger partial charge in [0.15, 0.2) is 0 Å². The van der Waals surface area contributed by atoms with E-state index in [0.717, 1.165) is 28.3 Å². The smallest absolute Gasteiger partial charge is 0.116 e. The highest BCUT2D eigenvalue weighted by Crippen LogP contribution is 2.28. The Hall–Kier alpha value is -0.780. The number of halogens is 1. The number of imidazole rings is 1. The first-order valence-corrected chi connectivity index (χ1v) is 7.12. The third-order valence-corrected chi connectivity index (χ3v) is 4.29. The van der Waals surface area contributed by atoms with Crippen LogP contribution in [0.25, 0.3) is 0 Å². The van der Waals surface area contributed by atoms with Crippen molar-refractivity contribution in [1.29, 1.82) is 0 Å². The molecule has 1 heterocycles. The van der Waals surface area contributed by atoms with Crippen LogP contribution in [-0.4, -0.2) is 17.0 Å². The molecule has 0 spiro atoms. The van der Waals surface area contributed by atoms with Gasteiger partial charge >= 0.3 is 0 Å². The van der Waals surface area contributed by atoms with Gasteiger partial charge in [-0.3, -0.25) is 0 Å². The number of benzene rings is 1. The first-order chi connectivity index (χ1) is 8.29. The lowest BCUT2D eigenvalue weighted by atomic mass is 10.4. The van der Waals surface area contributed by atoms with Crippen LogP contribution in [0.3, 0.4) is 0 Å². The average Bonchev–Trinajstić information content (AvgIpc) is 2.76. The molecule has 0 saturated heterocycles. The van der Waals surface area contributed by atoms with Crippen molar-refractivity contribution in [2.24, 2.45) is 0 Å². The third kappa shape index (κ3) is 3.59. The van der Waals surface area contributed by atoms with E-state index in [0.29, 0.717) is 0 Å². The van der Waals surface area contributed by atoms with Crippen LogP contribution in [0.15, 0.2) is 39.8 Å². The Balaban J connectivity index is 1.95. The van der Waals surface area contributed by atoms with Crippen LogP contribution in [0.5, 0.6) is 0 Å². The molecular weight excluding hydrogens is 298 g/mol. The zero-order chi connectivity index (χ0) is 12.1. The summed E-state index contributed by atoms with van der Waals surface area (Å²) < 4.78 is 1.13. The lowest BCUT2D eigenvalue weighted by Gasteiger charge is -2.01. The van der Waals surface area contributed by atoms with Crippen molar-refractivity contribution in [3.8, 4) is 0 Å². The van der Waals surface area contributed by atoms with Crippen molar-refractivity contribution in [1.82, 2.24) is 15.3 Å². The van der Waals surface area contributed by atoms with Crippen molar-refractivity contribution in [3.63, 3.8) is 0 Å². The van der Waals surface area contributed by atoms with Gasteiger partial charge in [-0.2, -0.15) is 0 Å². The summed E-state index contributed by atoms with van der Waals surface area (Å²) in [7, 11) is 1.93. The van der Waals surface area contributed by atoms with Gasteiger partial charge in [0.25, 0.3) is 0 Å². The maximum Gasteiger partial charge on any atom is 0.116 e. The summed E-state index contributed by atoms with van der Waals surface area (Å²) in [6.45, 7) is 0.826. The molecule has 2 aromatic rings. The molecule has 90 valence electrons. The summed E-state index contributed by atoms with van der Waals surface area (Å²) in [5, 5.41) is 3.09. The summed E-state index contributed by atoms with van der Waals surface area (Å²) in [6, 6.07) is 8.22. The van der Waals surface area contributed by atoms with E-state index in [2.05, 4.69) is 43.3 Å².